The van der Waals surface area contributed by atoms with Crippen LogP contribution in [-0.4, -0.2) is 35.4 Å². The normalized spacial score (nSPS) is 12.7. The molecule has 0 aliphatic rings. The number of nitrogens with zero attached hydrogens (tertiary/aromatic N) is 1. The molecule has 0 bridgehead atoms. The zero-order valence-electron chi connectivity index (χ0n) is 19.0. The van der Waals surface area contributed by atoms with E-state index in [1.165, 1.54) is 5.56 Å². The van der Waals surface area contributed by atoms with Gasteiger partial charge in [-0.1, -0.05) is 37.3 Å². The van der Waals surface area contributed by atoms with Crippen LogP contribution in [0.1, 0.15) is 49.4 Å². The second-order valence-electron chi connectivity index (χ2n) is 7.98. The molecule has 2 rings (SSSR count). The van der Waals surface area contributed by atoms with Gasteiger partial charge in [0, 0.05) is 12.6 Å². The Hall–Kier alpha value is -2.82. The average molecular weight is 411 g/mol. The Morgan fingerprint density at radius 1 is 1.00 bits per heavy atom. The van der Waals surface area contributed by atoms with Crippen LogP contribution in [-0.2, 0) is 16.1 Å². The van der Waals surface area contributed by atoms with E-state index >= 15 is 0 Å². The molecule has 0 radical (unpaired) electrons. The highest BCUT2D eigenvalue weighted by Crippen LogP contribution is 2.18. The van der Waals surface area contributed by atoms with E-state index in [0.717, 1.165) is 23.1 Å². The summed E-state index contributed by atoms with van der Waals surface area (Å²) in [7, 11) is 0. The van der Waals surface area contributed by atoms with Gasteiger partial charge in [0.25, 0.3) is 5.91 Å². The first-order valence-corrected chi connectivity index (χ1v) is 10.6. The Balaban J connectivity index is 2.18. The van der Waals surface area contributed by atoms with Crippen molar-refractivity contribution < 1.29 is 14.3 Å². The number of rotatable bonds is 9. The molecule has 2 amide bonds. The Labute approximate surface area is 180 Å². The Kier molecular flexibility index (Phi) is 8.46. The Morgan fingerprint density at radius 3 is 2.33 bits per heavy atom. The van der Waals surface area contributed by atoms with E-state index in [0.29, 0.717) is 12.3 Å². The quantitative estimate of drug-likeness (QED) is 0.670. The summed E-state index contributed by atoms with van der Waals surface area (Å²) in [6, 6.07) is 13.1. The summed E-state index contributed by atoms with van der Waals surface area (Å²) in [5.74, 6) is 0.278. The molecule has 5 heteroatoms. The maximum absolute atomic E-state index is 13.1. The fourth-order valence-electron chi connectivity index (χ4n) is 3.05. The Morgan fingerprint density at radius 2 is 1.70 bits per heavy atom. The van der Waals surface area contributed by atoms with Gasteiger partial charge in [0.05, 0.1) is 0 Å². The average Bonchev–Trinajstić information content (AvgIpc) is 2.73. The van der Waals surface area contributed by atoms with Crippen molar-refractivity contribution in [2.45, 2.75) is 66.6 Å². The van der Waals surface area contributed by atoms with E-state index in [9.17, 15) is 9.59 Å². The number of aryl methyl sites for hydroxylation is 3. The number of hydrogen-bond donors (Lipinski definition) is 1. The smallest absolute Gasteiger partial charge is 0.261 e. The predicted octanol–water partition coefficient (Wildman–Crippen LogP) is 4.32. The lowest BCUT2D eigenvalue weighted by atomic mass is 10.1. The van der Waals surface area contributed by atoms with Gasteiger partial charge in [-0.3, -0.25) is 9.59 Å². The monoisotopic (exact) mass is 410 g/mol. The molecule has 2 aromatic carbocycles. The zero-order chi connectivity index (χ0) is 22.3. The maximum Gasteiger partial charge on any atom is 0.261 e. The number of carbonyl (C=O) groups excluding carboxylic acids is 2. The van der Waals surface area contributed by atoms with Gasteiger partial charge < -0.3 is 15.0 Å². The summed E-state index contributed by atoms with van der Waals surface area (Å²) in [6.45, 7) is 12.0. The molecule has 30 heavy (non-hydrogen) atoms. The van der Waals surface area contributed by atoms with Crippen molar-refractivity contribution in [3.63, 3.8) is 0 Å². The molecule has 2 aromatic rings. The topological polar surface area (TPSA) is 58.6 Å². The van der Waals surface area contributed by atoms with E-state index < -0.39 is 6.04 Å². The number of ether oxygens (including phenoxy) is 1. The largest absolute Gasteiger partial charge is 0.484 e. The van der Waals surface area contributed by atoms with Crippen molar-refractivity contribution in [1.82, 2.24) is 10.2 Å². The third-order valence-electron chi connectivity index (χ3n) is 5.61. The van der Waals surface area contributed by atoms with E-state index in [1.54, 1.807) is 11.8 Å². The number of amides is 2. The summed E-state index contributed by atoms with van der Waals surface area (Å²) in [5.41, 5.74) is 4.38. The van der Waals surface area contributed by atoms with Crippen LogP contribution in [0.15, 0.2) is 42.5 Å². The zero-order valence-corrected chi connectivity index (χ0v) is 19.0. The van der Waals surface area contributed by atoms with Gasteiger partial charge in [-0.25, -0.2) is 0 Å². The molecule has 0 fully saturated rings. The molecule has 0 aliphatic heterocycles. The fraction of sp³-hybridized carbons (Fsp3) is 0.440. The molecule has 1 N–H and O–H groups in total. The van der Waals surface area contributed by atoms with Crippen molar-refractivity contribution >= 4 is 11.8 Å². The maximum atomic E-state index is 13.1. The first kappa shape index (κ1) is 23.5. The molecule has 0 unspecified atom stereocenters. The summed E-state index contributed by atoms with van der Waals surface area (Å²) in [6.07, 6.45) is 0.833. The van der Waals surface area contributed by atoms with Crippen LogP contribution in [0.3, 0.4) is 0 Å². The van der Waals surface area contributed by atoms with Gasteiger partial charge in [0.2, 0.25) is 5.91 Å². The molecule has 162 valence electrons. The number of hydrogen-bond acceptors (Lipinski definition) is 3. The van der Waals surface area contributed by atoms with Crippen molar-refractivity contribution in [1.29, 1.82) is 0 Å². The molecule has 0 aliphatic carbocycles. The van der Waals surface area contributed by atoms with Crippen molar-refractivity contribution in [3.8, 4) is 5.75 Å². The minimum absolute atomic E-state index is 0.0575. The summed E-state index contributed by atoms with van der Waals surface area (Å²) in [4.78, 5) is 27.4. The third-order valence-corrected chi connectivity index (χ3v) is 5.61. The fourth-order valence-corrected chi connectivity index (χ4v) is 3.05. The van der Waals surface area contributed by atoms with Gasteiger partial charge >= 0.3 is 0 Å². The SMILES string of the molecule is CC[C@@H](C)NC(=O)[C@@H](C)N(Cc1ccccc1C)C(=O)COc1ccc(C)c(C)c1. The van der Waals surface area contributed by atoms with E-state index in [2.05, 4.69) is 5.32 Å². The second kappa shape index (κ2) is 10.8. The lowest BCUT2D eigenvalue weighted by Gasteiger charge is -2.30. The number of nitrogens with one attached hydrogen (secondary N) is 1. The van der Waals surface area contributed by atoms with E-state index in [-0.39, 0.29) is 24.5 Å². The second-order valence-corrected chi connectivity index (χ2v) is 7.98. The lowest BCUT2D eigenvalue weighted by molar-refractivity contribution is -0.142. The lowest BCUT2D eigenvalue weighted by Crippen LogP contribution is -2.50. The van der Waals surface area contributed by atoms with Crippen LogP contribution >= 0.6 is 0 Å². The minimum atomic E-state index is -0.602. The summed E-state index contributed by atoms with van der Waals surface area (Å²) < 4.78 is 5.76. The predicted molar refractivity (Wildman–Crippen MR) is 120 cm³/mol. The van der Waals surface area contributed by atoms with Crippen LogP contribution in [0.5, 0.6) is 5.75 Å². The van der Waals surface area contributed by atoms with Gasteiger partial charge in [-0.2, -0.15) is 0 Å². The standard InChI is InChI=1S/C25H34N2O3/c1-7-20(5)26-25(29)21(6)27(15-22-11-9-8-10-18(22)3)24(28)16-30-23-13-12-17(2)19(4)14-23/h8-14,20-21H,7,15-16H2,1-6H3,(H,26,29)/t20-,21-/m1/s1. The van der Waals surface area contributed by atoms with Gasteiger partial charge in [0.1, 0.15) is 11.8 Å². The molecule has 2 atom stereocenters. The van der Waals surface area contributed by atoms with E-state index in [1.807, 2.05) is 77.1 Å². The van der Waals surface area contributed by atoms with Crippen LogP contribution in [0.25, 0.3) is 0 Å². The summed E-state index contributed by atoms with van der Waals surface area (Å²) in [5, 5.41) is 2.98. The molecular formula is C25H34N2O3. The number of carbonyl (C=O) groups is 2. The highest BCUT2D eigenvalue weighted by atomic mass is 16.5. The minimum Gasteiger partial charge on any atom is -0.484 e. The van der Waals surface area contributed by atoms with Crippen LogP contribution in [0.2, 0.25) is 0 Å². The molecule has 0 saturated carbocycles. The van der Waals surface area contributed by atoms with E-state index in [4.69, 9.17) is 4.74 Å². The van der Waals surface area contributed by atoms with Gasteiger partial charge in [-0.15, -0.1) is 0 Å². The molecule has 0 spiro atoms. The van der Waals surface area contributed by atoms with Gasteiger partial charge in [0.15, 0.2) is 6.61 Å². The first-order valence-electron chi connectivity index (χ1n) is 10.6. The highest BCUT2D eigenvalue weighted by Gasteiger charge is 2.27. The molecular weight excluding hydrogens is 376 g/mol. The highest BCUT2D eigenvalue weighted by molar-refractivity contribution is 5.88. The summed E-state index contributed by atoms with van der Waals surface area (Å²) >= 11 is 0. The molecule has 0 heterocycles. The molecule has 5 nitrogen and oxygen atoms in total. The van der Waals surface area contributed by atoms with Crippen LogP contribution in [0, 0.1) is 20.8 Å². The van der Waals surface area contributed by atoms with Crippen molar-refractivity contribution in [3.05, 3.63) is 64.7 Å². The third kappa shape index (κ3) is 6.34. The molecule has 0 saturated heterocycles. The van der Waals surface area contributed by atoms with Crippen molar-refractivity contribution in [2.24, 2.45) is 0 Å². The van der Waals surface area contributed by atoms with Crippen LogP contribution < -0.4 is 10.1 Å². The van der Waals surface area contributed by atoms with Gasteiger partial charge in [-0.05, 0) is 75.4 Å². The van der Waals surface area contributed by atoms with Crippen LogP contribution in [0.4, 0.5) is 0 Å². The Bertz CT molecular complexity index is 878. The van der Waals surface area contributed by atoms with Crippen molar-refractivity contribution in [2.75, 3.05) is 6.61 Å². The number of benzene rings is 2. The molecule has 0 aromatic heterocycles. The first-order chi connectivity index (χ1) is 14.2.